The largest absolute Gasteiger partial charge is 0.467 e. The summed E-state index contributed by atoms with van der Waals surface area (Å²) in [4.78, 5) is 53.8. The summed E-state index contributed by atoms with van der Waals surface area (Å²) < 4.78 is 10.3. The van der Waals surface area contributed by atoms with Crippen molar-refractivity contribution in [3.05, 3.63) is 48.0 Å². The summed E-state index contributed by atoms with van der Waals surface area (Å²) in [5.41, 5.74) is 5.95. The maximum atomic E-state index is 14.0. The van der Waals surface area contributed by atoms with E-state index in [1.165, 1.54) is 7.11 Å². The second-order valence-electron chi connectivity index (χ2n) is 12.3. The monoisotopic (exact) mass is 586 g/mol. The number of methoxy groups -OCH3 is 1. The van der Waals surface area contributed by atoms with E-state index in [0.29, 0.717) is 51.6 Å². The number of likely N-dealkylation sites (tertiary alicyclic amines) is 1. The molecular weight excluding hydrogens is 536 g/mol. The molecule has 1 fully saturated rings. The van der Waals surface area contributed by atoms with Gasteiger partial charge in [-0.15, -0.1) is 0 Å². The lowest BCUT2D eigenvalue weighted by Gasteiger charge is -2.29. The molecular formula is C32H50N4O6. The number of carbonyl (C=O) groups is 4. The van der Waals surface area contributed by atoms with E-state index in [2.05, 4.69) is 24.5 Å². The number of rotatable bonds is 14. The Bertz CT molecular complexity index is 1050. The van der Waals surface area contributed by atoms with Gasteiger partial charge >= 0.3 is 12.1 Å². The van der Waals surface area contributed by atoms with Gasteiger partial charge in [0.1, 0.15) is 17.7 Å². The fraction of sp³-hybridized carbons (Fsp3) is 0.625. The number of esters is 1. The fourth-order valence-electron chi connectivity index (χ4n) is 5.02. The first-order valence-corrected chi connectivity index (χ1v) is 14.9. The Morgan fingerprint density at radius 3 is 2.38 bits per heavy atom. The number of amides is 3. The van der Waals surface area contributed by atoms with E-state index in [0.717, 1.165) is 5.56 Å². The molecule has 2 rings (SSSR count). The summed E-state index contributed by atoms with van der Waals surface area (Å²) in [5, 5.41) is 5.71. The smallest absolute Gasteiger partial charge is 0.408 e. The number of hydrogen-bond acceptors (Lipinski definition) is 7. The van der Waals surface area contributed by atoms with Crippen molar-refractivity contribution in [1.82, 2.24) is 15.5 Å². The maximum Gasteiger partial charge on any atom is 0.408 e. The average Bonchev–Trinajstić information content (AvgIpc) is 3.41. The first kappa shape index (κ1) is 34.8. The van der Waals surface area contributed by atoms with Crippen LogP contribution in [0.15, 0.2) is 42.5 Å². The highest BCUT2D eigenvalue weighted by molar-refractivity contribution is 5.92. The lowest BCUT2D eigenvalue weighted by Crippen LogP contribution is -2.52. The Kier molecular flexibility index (Phi) is 14.0. The number of carbonyl (C=O) groups excluding carboxylic acids is 4. The molecule has 0 radical (unpaired) electrons. The van der Waals surface area contributed by atoms with Crippen LogP contribution in [0.3, 0.4) is 0 Å². The summed E-state index contributed by atoms with van der Waals surface area (Å²) in [5.74, 6) is -1.37. The molecule has 4 atom stereocenters. The van der Waals surface area contributed by atoms with E-state index in [9.17, 15) is 19.2 Å². The van der Waals surface area contributed by atoms with Crippen molar-refractivity contribution in [1.29, 1.82) is 0 Å². The Morgan fingerprint density at radius 1 is 1.10 bits per heavy atom. The summed E-state index contributed by atoms with van der Waals surface area (Å²) in [7, 11) is 1.28. The van der Waals surface area contributed by atoms with Gasteiger partial charge in [-0.1, -0.05) is 56.3 Å². The topological polar surface area (TPSA) is 140 Å². The fourth-order valence-corrected chi connectivity index (χ4v) is 5.02. The van der Waals surface area contributed by atoms with Gasteiger partial charge in [-0.2, -0.15) is 0 Å². The van der Waals surface area contributed by atoms with Crippen molar-refractivity contribution in [3.8, 4) is 0 Å². The van der Waals surface area contributed by atoms with Crippen molar-refractivity contribution >= 4 is 23.9 Å². The van der Waals surface area contributed by atoms with Crippen LogP contribution in [-0.2, 0) is 30.3 Å². The lowest BCUT2D eigenvalue weighted by atomic mass is 9.95. The summed E-state index contributed by atoms with van der Waals surface area (Å²) in [6, 6.07) is 7.84. The van der Waals surface area contributed by atoms with Gasteiger partial charge in [0.2, 0.25) is 11.8 Å². The number of benzene rings is 1. The molecule has 0 spiro atoms. The molecule has 0 aromatic heterocycles. The molecule has 0 aliphatic carbocycles. The third kappa shape index (κ3) is 11.8. The van der Waals surface area contributed by atoms with Crippen LogP contribution in [0.2, 0.25) is 0 Å². The summed E-state index contributed by atoms with van der Waals surface area (Å²) >= 11 is 0. The minimum atomic E-state index is -0.820. The normalized spacial score (nSPS) is 17.5. The van der Waals surface area contributed by atoms with Gasteiger partial charge in [0, 0.05) is 6.54 Å². The van der Waals surface area contributed by atoms with Crippen LogP contribution in [0, 0.1) is 11.8 Å². The Morgan fingerprint density at radius 2 is 1.79 bits per heavy atom. The molecule has 1 aliphatic rings. The van der Waals surface area contributed by atoms with Crippen LogP contribution >= 0.6 is 0 Å². The molecule has 10 heteroatoms. The Balaban J connectivity index is 2.29. The van der Waals surface area contributed by atoms with Crippen molar-refractivity contribution in [2.75, 3.05) is 20.2 Å². The standard InChI is InChI=1S/C32H50N4O6/c1-22(2)20-25(34-31(40)42-32(3,4)5)17-16-24(21-23-12-8-7-9-13-23)29(38)36-19-11-15-27(36)28(37)35-26(14-10-18-33)30(39)41-6/h7-9,12-13,16-17,22,24-27H,10-11,14-15,18-21,33H2,1-6H3,(H,34,40)(H,35,37)/b17-16+/t24-,25-,26?,27+/m1/s1. The minimum Gasteiger partial charge on any atom is -0.467 e. The third-order valence-corrected chi connectivity index (χ3v) is 6.96. The molecule has 1 unspecified atom stereocenters. The molecule has 234 valence electrons. The van der Waals surface area contributed by atoms with Crippen LogP contribution in [0.25, 0.3) is 0 Å². The predicted octanol–water partition coefficient (Wildman–Crippen LogP) is 3.73. The van der Waals surface area contributed by atoms with Gasteiger partial charge in [-0.25, -0.2) is 9.59 Å². The van der Waals surface area contributed by atoms with E-state index in [4.69, 9.17) is 15.2 Å². The van der Waals surface area contributed by atoms with Gasteiger partial charge in [0.25, 0.3) is 0 Å². The van der Waals surface area contributed by atoms with E-state index >= 15 is 0 Å². The summed E-state index contributed by atoms with van der Waals surface area (Å²) in [6.45, 7) is 10.4. The molecule has 3 amide bonds. The zero-order chi connectivity index (χ0) is 31.3. The average molecular weight is 587 g/mol. The quantitative estimate of drug-likeness (QED) is 0.223. The second kappa shape index (κ2) is 16.9. The predicted molar refractivity (Wildman–Crippen MR) is 162 cm³/mol. The van der Waals surface area contributed by atoms with E-state index < -0.39 is 35.7 Å². The molecule has 10 nitrogen and oxygen atoms in total. The first-order valence-electron chi connectivity index (χ1n) is 14.9. The van der Waals surface area contributed by atoms with Crippen LogP contribution in [0.1, 0.15) is 72.3 Å². The van der Waals surface area contributed by atoms with Gasteiger partial charge < -0.3 is 30.7 Å². The van der Waals surface area contributed by atoms with Crippen molar-refractivity contribution in [2.24, 2.45) is 17.6 Å². The zero-order valence-electron chi connectivity index (χ0n) is 26.1. The van der Waals surface area contributed by atoms with E-state index in [-0.39, 0.29) is 23.8 Å². The molecule has 1 aromatic carbocycles. The number of alkyl carbamates (subject to hydrolysis) is 1. The van der Waals surface area contributed by atoms with Gasteiger partial charge in [-0.05, 0) is 77.3 Å². The van der Waals surface area contributed by atoms with Gasteiger partial charge in [0.15, 0.2) is 0 Å². The number of nitrogens with two attached hydrogens (primary N) is 1. The highest BCUT2D eigenvalue weighted by Crippen LogP contribution is 2.24. The highest BCUT2D eigenvalue weighted by Gasteiger charge is 2.38. The number of ether oxygens (including phenoxy) is 2. The minimum absolute atomic E-state index is 0.176. The van der Waals surface area contributed by atoms with Crippen LogP contribution in [-0.4, -0.2) is 72.7 Å². The van der Waals surface area contributed by atoms with E-state index in [1.807, 2.05) is 63.3 Å². The first-order chi connectivity index (χ1) is 19.8. The van der Waals surface area contributed by atoms with Crippen LogP contribution in [0.5, 0.6) is 0 Å². The van der Waals surface area contributed by atoms with Gasteiger partial charge in [0.05, 0.1) is 19.1 Å². The van der Waals surface area contributed by atoms with Crippen molar-refractivity contribution in [2.45, 2.75) is 96.9 Å². The molecule has 1 aromatic rings. The van der Waals surface area contributed by atoms with Crippen molar-refractivity contribution in [3.63, 3.8) is 0 Å². The third-order valence-electron chi connectivity index (χ3n) is 6.96. The summed E-state index contributed by atoms with van der Waals surface area (Å²) in [6.07, 6.45) is 6.36. The number of nitrogens with zero attached hydrogens (tertiary/aromatic N) is 1. The molecule has 1 aliphatic heterocycles. The highest BCUT2D eigenvalue weighted by atomic mass is 16.6. The Hall–Kier alpha value is -3.40. The molecule has 0 saturated carbocycles. The van der Waals surface area contributed by atoms with E-state index in [1.54, 1.807) is 4.90 Å². The zero-order valence-corrected chi connectivity index (χ0v) is 26.1. The SMILES string of the molecule is COC(=O)C(CCCN)NC(=O)[C@@H]1CCCN1C(=O)[C@H](/C=C/[C@H](CC(C)C)NC(=O)OC(C)(C)C)Cc1ccccc1. The number of hydrogen-bond donors (Lipinski definition) is 3. The molecule has 1 saturated heterocycles. The lowest BCUT2D eigenvalue weighted by molar-refractivity contribution is -0.146. The molecule has 1 heterocycles. The van der Waals surface area contributed by atoms with Gasteiger partial charge in [-0.3, -0.25) is 9.59 Å². The van der Waals surface area contributed by atoms with Crippen LogP contribution < -0.4 is 16.4 Å². The molecule has 42 heavy (non-hydrogen) atoms. The number of nitrogens with one attached hydrogen (secondary N) is 2. The Labute approximate surface area is 250 Å². The van der Waals surface area contributed by atoms with Crippen molar-refractivity contribution < 1.29 is 28.7 Å². The molecule has 4 N–H and O–H groups in total. The van der Waals surface area contributed by atoms with Crippen LogP contribution in [0.4, 0.5) is 4.79 Å². The maximum absolute atomic E-state index is 14.0. The second-order valence-corrected chi connectivity index (χ2v) is 12.3. The molecule has 0 bridgehead atoms.